The molecule has 1 heterocycles. The van der Waals surface area contributed by atoms with Gasteiger partial charge in [-0.25, -0.2) is 8.42 Å². The quantitative estimate of drug-likeness (QED) is 0.739. The zero-order chi connectivity index (χ0) is 14.1. The molecule has 1 unspecified atom stereocenters. The maximum Gasteiger partial charge on any atom is 0.333 e. The van der Waals surface area contributed by atoms with Crippen LogP contribution < -0.4 is 0 Å². The van der Waals surface area contributed by atoms with Crippen molar-refractivity contribution in [2.45, 2.75) is 38.5 Å². The number of hydrogen-bond acceptors (Lipinski definition) is 6. The van der Waals surface area contributed by atoms with E-state index in [1.165, 1.54) is 0 Å². The van der Waals surface area contributed by atoms with E-state index in [9.17, 15) is 13.2 Å². The topological polar surface area (TPSA) is 106 Å². The molecule has 0 fully saturated rings. The molecule has 102 valence electrons. The summed E-state index contributed by atoms with van der Waals surface area (Å²) >= 11 is 0. The molecular weight excluding hydrogens is 260 g/mol. The van der Waals surface area contributed by atoms with E-state index in [1.54, 1.807) is 27.7 Å². The monoisotopic (exact) mass is 276 g/mol. The van der Waals surface area contributed by atoms with Crippen molar-refractivity contribution in [1.82, 2.24) is 0 Å². The number of sulfonamides is 1. The molecule has 0 aliphatic carbocycles. The molecule has 1 N–H and O–H groups in total. The van der Waals surface area contributed by atoms with Crippen molar-refractivity contribution in [2.24, 2.45) is 4.40 Å². The van der Waals surface area contributed by atoms with Gasteiger partial charge in [-0.05, 0) is 27.7 Å². The van der Waals surface area contributed by atoms with E-state index in [-0.39, 0.29) is 12.5 Å². The van der Waals surface area contributed by atoms with Crippen LogP contribution in [0.4, 0.5) is 0 Å². The number of hydrogen-bond donors (Lipinski definition) is 1. The van der Waals surface area contributed by atoms with Crippen molar-refractivity contribution < 1.29 is 22.7 Å². The maximum absolute atomic E-state index is 11.8. The summed E-state index contributed by atoms with van der Waals surface area (Å²) < 4.78 is 36.5. The fourth-order valence-electron chi connectivity index (χ4n) is 1.31. The second kappa shape index (κ2) is 4.68. The number of rotatable bonds is 2. The summed E-state index contributed by atoms with van der Waals surface area (Å²) in [6.07, 6.45) is 0. The number of nitrogens with one attached hydrogen (secondary N) is 1. The number of esters is 1. The second-order valence-corrected chi connectivity index (χ2v) is 6.36. The first-order valence-corrected chi connectivity index (χ1v) is 6.87. The predicted octanol–water partition coefficient (Wildman–Crippen LogP) is 0.495. The molecule has 1 aliphatic rings. The zero-order valence-corrected chi connectivity index (χ0v) is 11.5. The Kier molecular flexibility index (Phi) is 3.80. The normalized spacial score (nSPS) is 22.6. The first-order chi connectivity index (χ1) is 8.08. The van der Waals surface area contributed by atoms with Crippen LogP contribution in [0.3, 0.4) is 0 Å². The third-order valence-electron chi connectivity index (χ3n) is 1.90. The van der Waals surface area contributed by atoms with Crippen LogP contribution in [0.15, 0.2) is 4.40 Å². The van der Waals surface area contributed by atoms with Gasteiger partial charge in [0.1, 0.15) is 11.3 Å². The Morgan fingerprint density at radius 3 is 2.44 bits per heavy atom. The van der Waals surface area contributed by atoms with Gasteiger partial charge in [-0.2, -0.15) is 0 Å². The van der Waals surface area contributed by atoms with Gasteiger partial charge in [-0.15, -0.1) is 4.40 Å². The van der Waals surface area contributed by atoms with E-state index < -0.39 is 32.6 Å². The van der Waals surface area contributed by atoms with Crippen molar-refractivity contribution in [2.75, 3.05) is 6.61 Å². The minimum absolute atomic E-state index is 0.164. The average molecular weight is 276 g/mol. The Bertz CT molecular complexity index is 501. The summed E-state index contributed by atoms with van der Waals surface area (Å²) in [5.41, 5.74) is -1.31. The van der Waals surface area contributed by atoms with Gasteiger partial charge in [0.25, 0.3) is 10.0 Å². The van der Waals surface area contributed by atoms with Gasteiger partial charge in [-0.3, -0.25) is 10.2 Å². The van der Waals surface area contributed by atoms with Crippen molar-refractivity contribution in [3.05, 3.63) is 0 Å². The predicted molar refractivity (Wildman–Crippen MR) is 65.3 cm³/mol. The van der Waals surface area contributed by atoms with Crippen LogP contribution in [0.5, 0.6) is 0 Å². The highest BCUT2D eigenvalue weighted by atomic mass is 32.2. The minimum atomic E-state index is -4.12. The van der Waals surface area contributed by atoms with E-state index >= 15 is 0 Å². The SMILES string of the molecule is CCOC1=NS(=O)(=O)C(C(=O)OC(C)(C)C)C1=N. The fourth-order valence-corrected chi connectivity index (χ4v) is 2.49. The van der Waals surface area contributed by atoms with E-state index in [1.807, 2.05) is 0 Å². The highest BCUT2D eigenvalue weighted by Crippen LogP contribution is 2.20. The highest BCUT2D eigenvalue weighted by Gasteiger charge is 2.47. The average Bonchev–Trinajstić information content (AvgIpc) is 2.34. The van der Waals surface area contributed by atoms with Crippen molar-refractivity contribution >= 4 is 27.6 Å². The molecule has 0 aromatic carbocycles. The lowest BCUT2D eigenvalue weighted by Crippen LogP contribution is -2.40. The van der Waals surface area contributed by atoms with Crippen molar-refractivity contribution in [3.8, 4) is 0 Å². The Morgan fingerprint density at radius 1 is 1.44 bits per heavy atom. The molecule has 0 saturated carbocycles. The third kappa shape index (κ3) is 3.06. The van der Waals surface area contributed by atoms with Gasteiger partial charge < -0.3 is 9.47 Å². The second-order valence-electron chi connectivity index (χ2n) is 4.67. The molecule has 0 spiro atoms. The first-order valence-electron chi connectivity index (χ1n) is 5.36. The molecule has 1 atom stereocenters. The molecule has 0 amide bonds. The molecule has 0 aromatic rings. The Hall–Kier alpha value is -1.44. The van der Waals surface area contributed by atoms with E-state index in [4.69, 9.17) is 14.9 Å². The summed E-state index contributed by atoms with van der Waals surface area (Å²) in [6.45, 7) is 6.63. The number of carbonyl (C=O) groups excluding carboxylic acids is 1. The maximum atomic E-state index is 11.8. The molecule has 0 aromatic heterocycles. The third-order valence-corrected chi connectivity index (χ3v) is 3.35. The van der Waals surface area contributed by atoms with E-state index in [0.717, 1.165) is 0 Å². The van der Waals surface area contributed by atoms with Crippen LogP contribution in [0.25, 0.3) is 0 Å². The van der Waals surface area contributed by atoms with Crippen LogP contribution in [0.2, 0.25) is 0 Å². The molecule has 0 saturated heterocycles. The van der Waals surface area contributed by atoms with Crippen LogP contribution >= 0.6 is 0 Å². The summed E-state index contributed by atoms with van der Waals surface area (Å²) in [5, 5.41) is 5.90. The first kappa shape index (κ1) is 14.6. The molecular formula is C10H16N2O5S. The lowest BCUT2D eigenvalue weighted by Gasteiger charge is -2.21. The Morgan fingerprint density at radius 2 is 2.00 bits per heavy atom. The van der Waals surface area contributed by atoms with Gasteiger partial charge in [0.2, 0.25) is 11.1 Å². The molecule has 1 aliphatic heterocycles. The van der Waals surface area contributed by atoms with Crippen LogP contribution in [-0.4, -0.2) is 43.5 Å². The lowest BCUT2D eigenvalue weighted by atomic mass is 10.2. The van der Waals surface area contributed by atoms with Gasteiger partial charge >= 0.3 is 5.97 Å². The Labute approximate surface area is 106 Å². The molecule has 8 heteroatoms. The molecule has 18 heavy (non-hydrogen) atoms. The van der Waals surface area contributed by atoms with Crippen LogP contribution in [0, 0.1) is 5.41 Å². The van der Waals surface area contributed by atoms with Gasteiger partial charge in [0.05, 0.1) is 6.61 Å². The van der Waals surface area contributed by atoms with Crippen LogP contribution in [-0.2, 0) is 24.3 Å². The smallest absolute Gasteiger partial charge is 0.333 e. The number of ether oxygens (including phenoxy) is 2. The van der Waals surface area contributed by atoms with Gasteiger partial charge in [0, 0.05) is 0 Å². The van der Waals surface area contributed by atoms with Crippen molar-refractivity contribution in [3.63, 3.8) is 0 Å². The van der Waals surface area contributed by atoms with Gasteiger partial charge in [0.15, 0.2) is 0 Å². The summed E-state index contributed by atoms with van der Waals surface area (Å²) in [4.78, 5) is 11.8. The van der Waals surface area contributed by atoms with Crippen molar-refractivity contribution in [1.29, 1.82) is 5.41 Å². The highest BCUT2D eigenvalue weighted by molar-refractivity contribution is 7.93. The summed E-state index contributed by atoms with van der Waals surface area (Å²) in [7, 11) is -4.12. The largest absolute Gasteiger partial charge is 0.476 e. The minimum Gasteiger partial charge on any atom is -0.476 e. The molecule has 7 nitrogen and oxygen atoms in total. The number of nitrogens with zero attached hydrogens (tertiary/aromatic N) is 1. The standard InChI is InChI=1S/C10H16N2O5S/c1-5-16-8-6(11)7(18(14,15)12-8)9(13)17-10(2,3)4/h7,11H,5H2,1-4H3. The van der Waals surface area contributed by atoms with E-state index in [2.05, 4.69) is 4.40 Å². The Balaban J connectivity index is 3.00. The lowest BCUT2D eigenvalue weighted by molar-refractivity contribution is -0.152. The van der Waals surface area contributed by atoms with Crippen LogP contribution in [0.1, 0.15) is 27.7 Å². The molecule has 0 bridgehead atoms. The summed E-state index contributed by atoms with van der Waals surface area (Å²) in [5.74, 6) is -1.35. The molecule has 1 rings (SSSR count). The van der Waals surface area contributed by atoms with E-state index in [0.29, 0.717) is 0 Å². The molecule has 0 radical (unpaired) electrons. The fraction of sp³-hybridized carbons (Fsp3) is 0.700. The number of carbonyl (C=O) groups is 1. The summed E-state index contributed by atoms with van der Waals surface area (Å²) in [6, 6.07) is 0. The van der Waals surface area contributed by atoms with Gasteiger partial charge in [-0.1, -0.05) is 0 Å². The zero-order valence-electron chi connectivity index (χ0n) is 10.7.